The molecule has 0 aliphatic rings. The lowest BCUT2D eigenvalue weighted by Gasteiger charge is -2.25. The monoisotopic (exact) mass is 273 g/mol. The molecule has 0 unspecified atom stereocenters. The van der Waals surface area contributed by atoms with E-state index in [9.17, 15) is 8.78 Å². The van der Waals surface area contributed by atoms with E-state index in [4.69, 9.17) is 18.0 Å². The largest absolute Gasteiger partial charge is 0.393 e. The highest BCUT2D eigenvalue weighted by molar-refractivity contribution is 7.80. The SMILES string of the molecule is CC(C)CN(CCC(N)=S)c1ncc(F)cc1F. The Hall–Kier alpha value is -1.30. The zero-order valence-corrected chi connectivity index (χ0v) is 11.3. The fourth-order valence-electron chi connectivity index (χ4n) is 1.61. The number of thiocarbonyl (C=S) groups is 1. The molecule has 2 N–H and O–H groups in total. The molecule has 0 atom stereocenters. The maximum atomic E-state index is 13.7. The Bertz CT molecular complexity index is 424. The van der Waals surface area contributed by atoms with Gasteiger partial charge in [-0.05, 0) is 5.92 Å². The van der Waals surface area contributed by atoms with E-state index >= 15 is 0 Å². The molecule has 0 aromatic carbocycles. The van der Waals surface area contributed by atoms with Crippen LogP contribution in [0.15, 0.2) is 12.3 Å². The van der Waals surface area contributed by atoms with Crippen LogP contribution in [0.2, 0.25) is 0 Å². The number of pyridine rings is 1. The maximum absolute atomic E-state index is 13.7. The number of hydrogen-bond acceptors (Lipinski definition) is 3. The van der Waals surface area contributed by atoms with Crippen LogP contribution in [0.25, 0.3) is 0 Å². The molecule has 0 radical (unpaired) electrons. The minimum absolute atomic E-state index is 0.140. The third-order valence-electron chi connectivity index (χ3n) is 2.30. The van der Waals surface area contributed by atoms with E-state index in [0.717, 1.165) is 12.3 Å². The minimum atomic E-state index is -0.685. The molecule has 1 heterocycles. The van der Waals surface area contributed by atoms with Gasteiger partial charge in [0.25, 0.3) is 0 Å². The fraction of sp³-hybridized carbons (Fsp3) is 0.500. The normalized spacial score (nSPS) is 10.7. The zero-order chi connectivity index (χ0) is 13.7. The first kappa shape index (κ1) is 14.8. The summed E-state index contributed by atoms with van der Waals surface area (Å²) in [5.41, 5.74) is 5.44. The Balaban J connectivity index is 2.89. The third-order valence-corrected chi connectivity index (χ3v) is 2.51. The number of nitrogens with two attached hydrogens (primary N) is 1. The van der Waals surface area contributed by atoms with Crippen molar-refractivity contribution in [3.8, 4) is 0 Å². The minimum Gasteiger partial charge on any atom is -0.393 e. The lowest BCUT2D eigenvalue weighted by Crippen LogP contribution is -2.32. The van der Waals surface area contributed by atoms with Gasteiger partial charge in [-0.15, -0.1) is 0 Å². The van der Waals surface area contributed by atoms with Crippen LogP contribution in [-0.4, -0.2) is 23.1 Å². The van der Waals surface area contributed by atoms with Gasteiger partial charge in [-0.1, -0.05) is 26.1 Å². The average Bonchev–Trinajstić information content (AvgIpc) is 2.24. The number of halogens is 2. The summed E-state index contributed by atoms with van der Waals surface area (Å²) in [6.45, 7) is 5.10. The molecule has 6 heteroatoms. The van der Waals surface area contributed by atoms with Crippen molar-refractivity contribution >= 4 is 23.0 Å². The molecule has 0 aliphatic carbocycles. The molecule has 0 aliphatic heterocycles. The number of hydrogen-bond donors (Lipinski definition) is 1. The molecule has 0 saturated carbocycles. The second-order valence-electron chi connectivity index (χ2n) is 4.52. The lowest BCUT2D eigenvalue weighted by molar-refractivity contribution is 0.552. The molecule has 3 nitrogen and oxygen atoms in total. The highest BCUT2D eigenvalue weighted by Crippen LogP contribution is 2.18. The van der Waals surface area contributed by atoms with Crippen LogP contribution < -0.4 is 10.6 Å². The molecule has 0 fully saturated rings. The van der Waals surface area contributed by atoms with Gasteiger partial charge >= 0.3 is 0 Å². The molecular formula is C12H17F2N3S. The van der Waals surface area contributed by atoms with Gasteiger partial charge in [0.2, 0.25) is 0 Å². The molecule has 1 aromatic rings. The Labute approximate surface area is 111 Å². The quantitative estimate of drug-likeness (QED) is 0.809. The van der Waals surface area contributed by atoms with Crippen molar-refractivity contribution in [3.05, 3.63) is 23.9 Å². The molecule has 0 spiro atoms. The maximum Gasteiger partial charge on any atom is 0.168 e. The summed E-state index contributed by atoms with van der Waals surface area (Å²) in [5, 5.41) is 0. The summed E-state index contributed by atoms with van der Waals surface area (Å²) >= 11 is 4.81. The van der Waals surface area contributed by atoms with E-state index in [2.05, 4.69) is 4.98 Å². The Morgan fingerprint density at radius 2 is 2.17 bits per heavy atom. The van der Waals surface area contributed by atoms with Gasteiger partial charge in [0, 0.05) is 25.6 Å². The number of aromatic nitrogens is 1. The van der Waals surface area contributed by atoms with Gasteiger partial charge in [-0.3, -0.25) is 0 Å². The number of nitrogens with zero attached hydrogens (tertiary/aromatic N) is 2. The number of anilines is 1. The summed E-state index contributed by atoms with van der Waals surface area (Å²) in [4.78, 5) is 5.90. The van der Waals surface area contributed by atoms with Crippen molar-refractivity contribution in [2.24, 2.45) is 11.7 Å². The van der Waals surface area contributed by atoms with Gasteiger partial charge in [-0.2, -0.15) is 0 Å². The second-order valence-corrected chi connectivity index (χ2v) is 5.04. The first-order valence-corrected chi connectivity index (χ1v) is 6.15. The predicted molar refractivity (Wildman–Crippen MR) is 72.6 cm³/mol. The van der Waals surface area contributed by atoms with Crippen molar-refractivity contribution in [2.75, 3.05) is 18.0 Å². The lowest BCUT2D eigenvalue weighted by atomic mass is 10.2. The highest BCUT2D eigenvalue weighted by Gasteiger charge is 2.15. The summed E-state index contributed by atoms with van der Waals surface area (Å²) in [6, 6.07) is 0.830. The van der Waals surface area contributed by atoms with Crippen molar-refractivity contribution in [3.63, 3.8) is 0 Å². The predicted octanol–water partition coefficient (Wildman–Crippen LogP) is 2.50. The smallest absolute Gasteiger partial charge is 0.168 e. The zero-order valence-electron chi connectivity index (χ0n) is 10.5. The Morgan fingerprint density at radius 3 is 2.67 bits per heavy atom. The van der Waals surface area contributed by atoms with Crippen LogP contribution in [0.3, 0.4) is 0 Å². The molecule has 0 bridgehead atoms. The van der Waals surface area contributed by atoms with Crippen LogP contribution in [0.1, 0.15) is 20.3 Å². The molecule has 1 rings (SSSR count). The van der Waals surface area contributed by atoms with Gasteiger partial charge in [-0.25, -0.2) is 13.8 Å². The van der Waals surface area contributed by atoms with Crippen molar-refractivity contribution < 1.29 is 8.78 Å². The van der Waals surface area contributed by atoms with Crippen molar-refractivity contribution in [2.45, 2.75) is 20.3 Å². The molecule has 18 heavy (non-hydrogen) atoms. The Morgan fingerprint density at radius 1 is 1.50 bits per heavy atom. The van der Waals surface area contributed by atoms with E-state index < -0.39 is 11.6 Å². The first-order chi connectivity index (χ1) is 8.40. The molecule has 100 valence electrons. The standard InChI is InChI=1S/C12H17F2N3S/c1-8(2)7-17(4-3-11(15)18)12-10(14)5-9(13)6-16-12/h5-6,8H,3-4,7H2,1-2H3,(H2,15,18). The topological polar surface area (TPSA) is 42.1 Å². The van der Waals surface area contributed by atoms with Crippen LogP contribution in [0.4, 0.5) is 14.6 Å². The fourth-order valence-corrected chi connectivity index (χ4v) is 1.70. The van der Waals surface area contributed by atoms with Gasteiger partial charge in [0.15, 0.2) is 11.6 Å². The van der Waals surface area contributed by atoms with E-state index in [1.54, 1.807) is 4.90 Å². The molecule has 0 saturated heterocycles. The van der Waals surface area contributed by atoms with Crippen LogP contribution in [0, 0.1) is 17.6 Å². The summed E-state index contributed by atoms with van der Waals surface area (Å²) in [5.74, 6) is -0.891. The summed E-state index contributed by atoms with van der Waals surface area (Å²) < 4.78 is 26.5. The van der Waals surface area contributed by atoms with E-state index in [1.807, 2.05) is 13.8 Å². The van der Waals surface area contributed by atoms with Crippen molar-refractivity contribution in [1.29, 1.82) is 0 Å². The van der Waals surface area contributed by atoms with E-state index in [-0.39, 0.29) is 5.82 Å². The summed E-state index contributed by atoms with van der Waals surface area (Å²) in [6.07, 6.45) is 1.48. The van der Waals surface area contributed by atoms with Gasteiger partial charge in [0.05, 0.1) is 11.2 Å². The van der Waals surface area contributed by atoms with Crippen LogP contribution >= 0.6 is 12.2 Å². The van der Waals surface area contributed by atoms with Gasteiger partial charge in [0.1, 0.15) is 5.82 Å². The molecular weight excluding hydrogens is 256 g/mol. The van der Waals surface area contributed by atoms with Gasteiger partial charge < -0.3 is 10.6 Å². The second kappa shape index (κ2) is 6.58. The van der Waals surface area contributed by atoms with Crippen LogP contribution in [-0.2, 0) is 0 Å². The van der Waals surface area contributed by atoms with Crippen LogP contribution in [0.5, 0.6) is 0 Å². The molecule has 0 amide bonds. The van der Waals surface area contributed by atoms with Crippen molar-refractivity contribution in [1.82, 2.24) is 4.98 Å². The highest BCUT2D eigenvalue weighted by atomic mass is 32.1. The summed E-state index contributed by atoms with van der Waals surface area (Å²) in [7, 11) is 0. The van der Waals surface area contributed by atoms with E-state index in [1.165, 1.54) is 0 Å². The number of rotatable bonds is 6. The molecule has 1 aromatic heterocycles. The average molecular weight is 273 g/mol. The van der Waals surface area contributed by atoms with E-state index in [0.29, 0.717) is 30.4 Å². The Kier molecular flexibility index (Phi) is 5.40. The first-order valence-electron chi connectivity index (χ1n) is 5.74. The third kappa shape index (κ3) is 4.52.